The third-order valence-electron chi connectivity index (χ3n) is 3.24. The van der Waals surface area contributed by atoms with Crippen LogP contribution in [-0.2, 0) is 0 Å². The molecule has 0 spiro atoms. The zero-order valence-electron chi connectivity index (χ0n) is 11.2. The maximum Gasteiger partial charge on any atom is 0.139 e. The highest BCUT2D eigenvalue weighted by Crippen LogP contribution is 2.34. The van der Waals surface area contributed by atoms with Crippen LogP contribution in [0.3, 0.4) is 0 Å². The van der Waals surface area contributed by atoms with Crippen molar-refractivity contribution < 1.29 is 4.74 Å². The summed E-state index contributed by atoms with van der Waals surface area (Å²) < 4.78 is 5.25. The lowest BCUT2D eigenvalue weighted by atomic mass is 10.1. The van der Waals surface area contributed by atoms with Crippen LogP contribution in [0.15, 0.2) is 42.6 Å². The van der Waals surface area contributed by atoms with E-state index in [2.05, 4.69) is 9.97 Å². The summed E-state index contributed by atoms with van der Waals surface area (Å²) in [6.45, 7) is 2.04. The lowest BCUT2D eigenvalue weighted by molar-refractivity contribution is 0.415. The third-order valence-corrected chi connectivity index (χ3v) is 3.60. The Hall–Kier alpha value is -2.13. The van der Waals surface area contributed by atoms with Crippen LogP contribution in [0.1, 0.15) is 5.56 Å². The summed E-state index contributed by atoms with van der Waals surface area (Å²) in [7, 11) is 1.60. The summed E-state index contributed by atoms with van der Waals surface area (Å²) in [5.74, 6) is 0.629. The number of pyridine rings is 2. The minimum atomic E-state index is 0.533. The van der Waals surface area contributed by atoms with Gasteiger partial charge in [0, 0.05) is 11.6 Å². The zero-order chi connectivity index (χ0) is 14.1. The molecule has 3 aromatic rings. The Kier molecular flexibility index (Phi) is 3.28. The maximum atomic E-state index is 6.37. The first-order valence-corrected chi connectivity index (χ1v) is 6.64. The van der Waals surface area contributed by atoms with Crippen molar-refractivity contribution in [3.05, 3.63) is 53.2 Å². The van der Waals surface area contributed by atoms with Crippen LogP contribution in [0.4, 0.5) is 0 Å². The molecule has 20 heavy (non-hydrogen) atoms. The number of hydrogen-bond acceptors (Lipinski definition) is 3. The molecule has 0 saturated carbocycles. The molecular formula is C16H13ClN2O. The number of halogens is 1. The van der Waals surface area contributed by atoms with E-state index >= 15 is 0 Å². The number of aryl methyl sites for hydroxylation is 1. The predicted molar refractivity (Wildman–Crippen MR) is 81.3 cm³/mol. The van der Waals surface area contributed by atoms with Crippen molar-refractivity contribution in [1.82, 2.24) is 9.97 Å². The van der Waals surface area contributed by atoms with Crippen LogP contribution in [0.25, 0.3) is 22.3 Å². The zero-order valence-corrected chi connectivity index (χ0v) is 12.0. The van der Waals surface area contributed by atoms with Crippen molar-refractivity contribution in [2.24, 2.45) is 0 Å². The monoisotopic (exact) mass is 284 g/mol. The van der Waals surface area contributed by atoms with Gasteiger partial charge in [0.25, 0.3) is 0 Å². The van der Waals surface area contributed by atoms with Gasteiger partial charge >= 0.3 is 0 Å². The molecule has 0 N–H and O–H groups in total. The fourth-order valence-electron chi connectivity index (χ4n) is 2.21. The fourth-order valence-corrected chi connectivity index (χ4v) is 2.50. The minimum absolute atomic E-state index is 0.533. The van der Waals surface area contributed by atoms with Crippen LogP contribution in [0.5, 0.6) is 5.75 Å². The SMILES string of the molecule is COc1ccc2c(C)cc(-c3ccccn3)nc2c1Cl. The van der Waals surface area contributed by atoms with E-state index in [0.717, 1.165) is 27.9 Å². The summed E-state index contributed by atoms with van der Waals surface area (Å²) in [4.78, 5) is 8.97. The molecule has 2 heterocycles. The second-order valence-electron chi connectivity index (χ2n) is 4.52. The minimum Gasteiger partial charge on any atom is -0.495 e. The molecule has 0 aliphatic rings. The van der Waals surface area contributed by atoms with Gasteiger partial charge in [-0.1, -0.05) is 17.7 Å². The quantitative estimate of drug-likeness (QED) is 0.705. The van der Waals surface area contributed by atoms with E-state index in [0.29, 0.717) is 10.8 Å². The smallest absolute Gasteiger partial charge is 0.139 e. The van der Waals surface area contributed by atoms with Crippen LogP contribution in [0.2, 0.25) is 5.02 Å². The van der Waals surface area contributed by atoms with Gasteiger partial charge in [0.15, 0.2) is 0 Å². The van der Waals surface area contributed by atoms with Gasteiger partial charge in [-0.15, -0.1) is 0 Å². The number of nitrogens with zero attached hydrogens (tertiary/aromatic N) is 2. The van der Waals surface area contributed by atoms with Crippen molar-refractivity contribution in [2.45, 2.75) is 6.92 Å². The number of aromatic nitrogens is 2. The van der Waals surface area contributed by atoms with E-state index in [4.69, 9.17) is 16.3 Å². The van der Waals surface area contributed by atoms with Gasteiger partial charge in [0.05, 0.1) is 24.0 Å². The molecule has 0 aliphatic heterocycles. The van der Waals surface area contributed by atoms with Crippen molar-refractivity contribution in [1.29, 1.82) is 0 Å². The second-order valence-corrected chi connectivity index (χ2v) is 4.90. The Labute approximate surface area is 122 Å². The van der Waals surface area contributed by atoms with E-state index in [1.807, 2.05) is 43.3 Å². The molecule has 0 amide bonds. The Morgan fingerprint density at radius 2 is 1.95 bits per heavy atom. The van der Waals surface area contributed by atoms with E-state index in [9.17, 15) is 0 Å². The molecular weight excluding hydrogens is 272 g/mol. The third kappa shape index (κ3) is 2.10. The van der Waals surface area contributed by atoms with Crippen molar-refractivity contribution in [3.63, 3.8) is 0 Å². The van der Waals surface area contributed by atoms with Gasteiger partial charge in [-0.05, 0) is 42.8 Å². The predicted octanol–water partition coefficient (Wildman–Crippen LogP) is 4.27. The molecule has 3 nitrogen and oxygen atoms in total. The van der Waals surface area contributed by atoms with E-state index in [1.54, 1.807) is 13.3 Å². The molecule has 1 aromatic carbocycles. The second kappa shape index (κ2) is 5.10. The number of rotatable bonds is 2. The molecule has 100 valence electrons. The average molecular weight is 285 g/mol. The summed E-state index contributed by atoms with van der Waals surface area (Å²) in [6.07, 6.45) is 1.75. The molecule has 0 saturated heterocycles. The Morgan fingerprint density at radius 3 is 2.65 bits per heavy atom. The lowest BCUT2D eigenvalue weighted by Gasteiger charge is -2.10. The van der Waals surface area contributed by atoms with E-state index in [-0.39, 0.29) is 0 Å². The molecule has 0 aliphatic carbocycles. The van der Waals surface area contributed by atoms with Gasteiger partial charge in [-0.25, -0.2) is 4.98 Å². The van der Waals surface area contributed by atoms with Crippen LogP contribution in [-0.4, -0.2) is 17.1 Å². The summed E-state index contributed by atoms with van der Waals surface area (Å²) in [5.41, 5.74) is 3.49. The number of benzene rings is 1. The molecule has 0 fully saturated rings. The topological polar surface area (TPSA) is 35.0 Å². The van der Waals surface area contributed by atoms with Gasteiger partial charge in [0.1, 0.15) is 10.8 Å². The maximum absolute atomic E-state index is 6.37. The molecule has 0 atom stereocenters. The molecule has 4 heteroatoms. The lowest BCUT2D eigenvalue weighted by Crippen LogP contribution is -1.93. The van der Waals surface area contributed by atoms with Crippen molar-refractivity contribution >= 4 is 22.5 Å². The van der Waals surface area contributed by atoms with Crippen LogP contribution >= 0.6 is 11.6 Å². The summed E-state index contributed by atoms with van der Waals surface area (Å²) in [6, 6.07) is 11.6. The molecule has 3 rings (SSSR count). The molecule has 0 radical (unpaired) electrons. The molecule has 0 bridgehead atoms. The van der Waals surface area contributed by atoms with Crippen LogP contribution < -0.4 is 4.74 Å². The molecule has 2 aromatic heterocycles. The van der Waals surface area contributed by atoms with Crippen molar-refractivity contribution in [2.75, 3.05) is 7.11 Å². The Balaban J connectivity index is 2.30. The van der Waals surface area contributed by atoms with Gasteiger partial charge in [-0.3, -0.25) is 4.98 Å². The number of hydrogen-bond donors (Lipinski definition) is 0. The van der Waals surface area contributed by atoms with Gasteiger partial charge < -0.3 is 4.74 Å². The van der Waals surface area contributed by atoms with Crippen LogP contribution in [0, 0.1) is 6.92 Å². The summed E-state index contributed by atoms with van der Waals surface area (Å²) in [5, 5.41) is 1.56. The standard InChI is InChI=1S/C16H13ClN2O/c1-10-9-13(12-5-3-4-8-18-12)19-16-11(10)6-7-14(20-2)15(16)17/h3-9H,1-2H3. The highest BCUT2D eigenvalue weighted by atomic mass is 35.5. The average Bonchev–Trinajstić information content (AvgIpc) is 2.49. The fraction of sp³-hybridized carbons (Fsp3) is 0.125. The number of fused-ring (bicyclic) bond motifs is 1. The first-order chi connectivity index (χ1) is 9.70. The van der Waals surface area contributed by atoms with E-state index in [1.165, 1.54) is 0 Å². The highest BCUT2D eigenvalue weighted by molar-refractivity contribution is 6.36. The van der Waals surface area contributed by atoms with Gasteiger partial charge in [0.2, 0.25) is 0 Å². The largest absolute Gasteiger partial charge is 0.495 e. The van der Waals surface area contributed by atoms with Crippen molar-refractivity contribution in [3.8, 4) is 17.1 Å². The first kappa shape index (κ1) is 12.9. The normalized spacial score (nSPS) is 10.8. The molecule has 0 unspecified atom stereocenters. The first-order valence-electron chi connectivity index (χ1n) is 6.26. The summed E-state index contributed by atoms with van der Waals surface area (Å²) >= 11 is 6.37. The van der Waals surface area contributed by atoms with E-state index < -0.39 is 0 Å². The number of methoxy groups -OCH3 is 1. The number of ether oxygens (including phenoxy) is 1. The Morgan fingerprint density at radius 1 is 1.10 bits per heavy atom. The Bertz CT molecular complexity index is 772. The highest BCUT2D eigenvalue weighted by Gasteiger charge is 2.11. The van der Waals surface area contributed by atoms with Gasteiger partial charge in [-0.2, -0.15) is 0 Å².